The lowest BCUT2D eigenvalue weighted by Gasteiger charge is -2.31. The van der Waals surface area contributed by atoms with Gasteiger partial charge >= 0.3 is 6.09 Å². The predicted molar refractivity (Wildman–Crippen MR) is 94.7 cm³/mol. The van der Waals surface area contributed by atoms with Crippen LogP contribution in [0, 0.1) is 5.92 Å². The molecule has 0 bridgehead atoms. The molecule has 1 atom stereocenters. The molecular weight excluding hydrogens is 288 g/mol. The predicted octanol–water partition coefficient (Wildman–Crippen LogP) is 4.44. The summed E-state index contributed by atoms with van der Waals surface area (Å²) >= 11 is 0. The van der Waals surface area contributed by atoms with Gasteiger partial charge in [0.1, 0.15) is 5.60 Å². The summed E-state index contributed by atoms with van der Waals surface area (Å²) in [6.45, 7) is 12.5. The maximum atomic E-state index is 12.3. The molecule has 0 fully saturated rings. The molecule has 23 heavy (non-hydrogen) atoms. The molecule has 0 radical (unpaired) electrons. The molecule has 1 aliphatic rings. The summed E-state index contributed by atoms with van der Waals surface area (Å²) in [7, 11) is 0. The van der Waals surface area contributed by atoms with Gasteiger partial charge < -0.3 is 15.0 Å². The molecule has 1 heterocycles. The molecule has 1 aliphatic heterocycles. The minimum atomic E-state index is -0.447. The summed E-state index contributed by atoms with van der Waals surface area (Å²) in [5, 5.41) is 3.49. The minimum Gasteiger partial charge on any atom is -0.444 e. The molecule has 4 heteroatoms. The number of hydrogen-bond donors (Lipinski definition) is 1. The lowest BCUT2D eigenvalue weighted by Crippen LogP contribution is -2.39. The molecule has 0 aliphatic carbocycles. The van der Waals surface area contributed by atoms with E-state index < -0.39 is 5.60 Å². The fourth-order valence-corrected chi connectivity index (χ4v) is 2.59. The van der Waals surface area contributed by atoms with Crippen LogP contribution in [0.2, 0.25) is 0 Å². The fourth-order valence-electron chi connectivity index (χ4n) is 2.59. The van der Waals surface area contributed by atoms with Gasteiger partial charge in [0.25, 0.3) is 0 Å². The van der Waals surface area contributed by atoms with Crippen LogP contribution < -0.4 is 5.32 Å². The van der Waals surface area contributed by atoms with E-state index in [0.29, 0.717) is 12.5 Å². The number of ether oxygens (including phenoxy) is 1. The van der Waals surface area contributed by atoms with Gasteiger partial charge in [-0.3, -0.25) is 0 Å². The second kappa shape index (κ2) is 7.24. The summed E-state index contributed by atoms with van der Waals surface area (Å²) < 4.78 is 5.49. The van der Waals surface area contributed by atoms with Gasteiger partial charge in [-0.1, -0.05) is 26.3 Å². The first-order valence-electron chi connectivity index (χ1n) is 8.62. The van der Waals surface area contributed by atoms with Crippen molar-refractivity contribution in [2.24, 2.45) is 5.92 Å². The third kappa shape index (κ3) is 5.15. The Morgan fingerprint density at radius 2 is 2.09 bits per heavy atom. The highest BCUT2D eigenvalue weighted by atomic mass is 16.6. The Kier molecular flexibility index (Phi) is 5.55. The van der Waals surface area contributed by atoms with Crippen LogP contribution in [-0.2, 0) is 17.7 Å². The van der Waals surface area contributed by atoms with Crippen molar-refractivity contribution in [3.63, 3.8) is 0 Å². The summed E-state index contributed by atoms with van der Waals surface area (Å²) in [6, 6.07) is 6.50. The molecule has 0 spiro atoms. The topological polar surface area (TPSA) is 41.6 Å². The number of anilines is 1. The van der Waals surface area contributed by atoms with Gasteiger partial charge in [-0.15, -0.1) is 0 Å². The molecule has 0 saturated heterocycles. The Balaban J connectivity index is 2.02. The monoisotopic (exact) mass is 318 g/mol. The molecule has 2 rings (SSSR count). The summed E-state index contributed by atoms with van der Waals surface area (Å²) in [5.41, 5.74) is 3.24. The molecule has 0 aromatic heterocycles. The van der Waals surface area contributed by atoms with Crippen LogP contribution >= 0.6 is 0 Å². The highest BCUT2D eigenvalue weighted by Crippen LogP contribution is 2.24. The van der Waals surface area contributed by atoms with Crippen LogP contribution in [0.4, 0.5) is 10.5 Å². The van der Waals surface area contributed by atoms with Crippen LogP contribution in [-0.4, -0.2) is 29.7 Å². The van der Waals surface area contributed by atoms with Gasteiger partial charge in [0.2, 0.25) is 0 Å². The van der Waals surface area contributed by atoms with Crippen molar-refractivity contribution in [2.45, 2.75) is 59.6 Å². The highest BCUT2D eigenvalue weighted by molar-refractivity contribution is 5.69. The maximum Gasteiger partial charge on any atom is 0.410 e. The van der Waals surface area contributed by atoms with E-state index in [1.165, 1.54) is 17.5 Å². The van der Waals surface area contributed by atoms with Crippen molar-refractivity contribution >= 4 is 11.8 Å². The first-order valence-corrected chi connectivity index (χ1v) is 8.62. The van der Waals surface area contributed by atoms with Gasteiger partial charge in [-0.25, -0.2) is 4.79 Å². The van der Waals surface area contributed by atoms with E-state index in [-0.39, 0.29) is 6.09 Å². The van der Waals surface area contributed by atoms with Crippen molar-refractivity contribution in [1.82, 2.24) is 4.90 Å². The van der Waals surface area contributed by atoms with Gasteiger partial charge in [-0.05, 0) is 56.4 Å². The Hall–Kier alpha value is -1.71. The third-order valence-corrected chi connectivity index (χ3v) is 4.22. The van der Waals surface area contributed by atoms with E-state index in [4.69, 9.17) is 4.74 Å². The Morgan fingerprint density at radius 3 is 2.74 bits per heavy atom. The van der Waals surface area contributed by atoms with Crippen LogP contribution in [0.25, 0.3) is 0 Å². The number of rotatable bonds is 4. The Morgan fingerprint density at radius 1 is 1.35 bits per heavy atom. The lowest BCUT2D eigenvalue weighted by molar-refractivity contribution is 0.0224. The van der Waals surface area contributed by atoms with E-state index in [2.05, 4.69) is 37.4 Å². The van der Waals surface area contributed by atoms with Crippen LogP contribution in [0.3, 0.4) is 0 Å². The summed E-state index contributed by atoms with van der Waals surface area (Å²) in [4.78, 5) is 14.0. The Bertz CT molecular complexity index is 549. The van der Waals surface area contributed by atoms with Crippen LogP contribution in [0.15, 0.2) is 18.2 Å². The van der Waals surface area contributed by atoms with Gasteiger partial charge in [-0.2, -0.15) is 0 Å². The smallest absolute Gasteiger partial charge is 0.410 e. The van der Waals surface area contributed by atoms with Crippen LogP contribution in [0.5, 0.6) is 0 Å². The molecular formula is C19H30N2O2. The molecule has 0 saturated carbocycles. The number of nitrogens with one attached hydrogen (secondary N) is 1. The molecule has 1 aromatic carbocycles. The first-order chi connectivity index (χ1) is 10.8. The molecule has 1 unspecified atom stereocenters. The lowest BCUT2D eigenvalue weighted by atomic mass is 9.99. The molecule has 1 amide bonds. The van der Waals surface area contributed by atoms with Gasteiger partial charge in [0.05, 0.1) is 0 Å². The van der Waals surface area contributed by atoms with Gasteiger partial charge in [0, 0.05) is 25.3 Å². The highest BCUT2D eigenvalue weighted by Gasteiger charge is 2.25. The molecule has 1 aromatic rings. The van der Waals surface area contributed by atoms with E-state index >= 15 is 0 Å². The Labute approximate surface area is 140 Å². The number of benzene rings is 1. The second-order valence-corrected chi connectivity index (χ2v) is 7.53. The standard InChI is InChI=1S/C19H30N2O2/c1-6-14(2)12-20-17-8-7-15-9-10-21(13-16(15)11-17)18(22)23-19(3,4)5/h7-8,11,14,20H,6,9-10,12-13H2,1-5H3. The fraction of sp³-hybridized carbons (Fsp3) is 0.632. The average Bonchev–Trinajstić information content (AvgIpc) is 2.50. The number of carbonyl (C=O) groups is 1. The third-order valence-electron chi connectivity index (χ3n) is 4.22. The van der Waals surface area contributed by atoms with E-state index in [0.717, 1.165) is 25.2 Å². The number of amides is 1. The van der Waals surface area contributed by atoms with Crippen molar-refractivity contribution in [3.8, 4) is 0 Å². The molecule has 128 valence electrons. The van der Waals surface area contributed by atoms with E-state index in [1.807, 2.05) is 20.8 Å². The summed E-state index contributed by atoms with van der Waals surface area (Å²) in [6.07, 6.45) is 1.84. The SMILES string of the molecule is CCC(C)CNc1ccc2c(c1)CN(C(=O)OC(C)(C)C)CC2. The van der Waals surface area contributed by atoms with E-state index in [9.17, 15) is 4.79 Å². The normalized spacial score (nSPS) is 15.8. The molecule has 1 N–H and O–H groups in total. The maximum absolute atomic E-state index is 12.3. The minimum absolute atomic E-state index is 0.221. The van der Waals surface area contributed by atoms with Crippen molar-refractivity contribution in [2.75, 3.05) is 18.4 Å². The van der Waals surface area contributed by atoms with Crippen molar-refractivity contribution in [1.29, 1.82) is 0 Å². The van der Waals surface area contributed by atoms with Crippen molar-refractivity contribution < 1.29 is 9.53 Å². The molecule has 4 nitrogen and oxygen atoms in total. The zero-order chi connectivity index (χ0) is 17.0. The van der Waals surface area contributed by atoms with Gasteiger partial charge in [0.15, 0.2) is 0 Å². The number of fused-ring (bicyclic) bond motifs is 1. The first kappa shape index (κ1) is 17.6. The second-order valence-electron chi connectivity index (χ2n) is 7.53. The van der Waals surface area contributed by atoms with Crippen LogP contribution in [0.1, 0.15) is 52.2 Å². The average molecular weight is 318 g/mol. The van der Waals surface area contributed by atoms with Crippen molar-refractivity contribution in [3.05, 3.63) is 29.3 Å². The number of nitrogens with zero attached hydrogens (tertiary/aromatic N) is 1. The largest absolute Gasteiger partial charge is 0.444 e. The summed E-state index contributed by atoms with van der Waals surface area (Å²) in [5.74, 6) is 0.657. The van der Waals surface area contributed by atoms with E-state index in [1.54, 1.807) is 4.90 Å². The zero-order valence-corrected chi connectivity index (χ0v) is 15.1. The number of carbonyl (C=O) groups excluding carboxylic acids is 1. The quantitative estimate of drug-likeness (QED) is 0.892. The zero-order valence-electron chi connectivity index (χ0n) is 15.1. The number of hydrogen-bond acceptors (Lipinski definition) is 3.